The Hall–Kier alpha value is -2.70. The molecule has 1 saturated heterocycles. The fraction of sp³-hybridized carbons (Fsp3) is 0.524. The number of hydrogen-bond acceptors (Lipinski definition) is 10. The van der Waals surface area contributed by atoms with Crippen LogP contribution in [-0.4, -0.2) is 56.1 Å². The number of nitrogens with zero attached hydrogens (tertiary/aromatic N) is 4. The molecule has 14 heteroatoms. The van der Waals surface area contributed by atoms with Crippen molar-refractivity contribution in [3.05, 3.63) is 42.5 Å². The number of aromatic nitrogens is 4. The highest BCUT2D eigenvalue weighted by Crippen LogP contribution is 2.48. The van der Waals surface area contributed by atoms with E-state index in [1.54, 1.807) is 26.0 Å². The van der Waals surface area contributed by atoms with Crippen molar-refractivity contribution in [1.82, 2.24) is 19.6 Å². The molecule has 3 heterocycles. The smallest absolute Gasteiger partial charge is 0.403 e. The second kappa shape index (κ2) is 9.75. The van der Waals surface area contributed by atoms with Gasteiger partial charge < -0.3 is 15.2 Å². The van der Waals surface area contributed by atoms with Gasteiger partial charge in [-0.05, 0) is 13.3 Å². The normalized spacial score (nSPS) is 30.1. The van der Waals surface area contributed by atoms with E-state index >= 15 is 4.39 Å². The van der Waals surface area contributed by atoms with Crippen LogP contribution in [0.4, 0.5) is 10.2 Å². The Bertz CT molecular complexity index is 1200. The number of nitrogen functional groups attached to an aromatic ring is 1. The van der Waals surface area contributed by atoms with Crippen LogP contribution in [0.2, 0.25) is 0 Å². The molecule has 0 bridgehead atoms. The molecule has 0 spiro atoms. The lowest BCUT2D eigenvalue weighted by molar-refractivity contribution is -0.161. The fourth-order valence-electron chi connectivity index (χ4n) is 3.89. The Balaban J connectivity index is 1.58. The minimum atomic E-state index is -4.04. The lowest BCUT2D eigenvalue weighted by Gasteiger charge is -2.28. The lowest BCUT2D eigenvalue weighted by Crippen LogP contribution is -2.44. The number of imidazole rings is 1. The van der Waals surface area contributed by atoms with E-state index in [0.29, 0.717) is 6.42 Å². The van der Waals surface area contributed by atoms with Gasteiger partial charge in [0, 0.05) is 0 Å². The van der Waals surface area contributed by atoms with Crippen LogP contribution < -0.4 is 11.2 Å². The van der Waals surface area contributed by atoms with Crippen molar-refractivity contribution in [2.24, 2.45) is 11.4 Å². The monoisotopic (exact) mass is 510 g/mol. The largest absolute Gasteiger partial charge is 0.456 e. The number of anilines is 1. The summed E-state index contributed by atoms with van der Waals surface area (Å²) in [4.78, 5) is 20.4. The molecule has 1 aliphatic carbocycles. The quantitative estimate of drug-likeness (QED) is 0.395. The summed E-state index contributed by atoms with van der Waals surface area (Å²) in [6.07, 6.45) is 5.72. The predicted octanol–water partition coefficient (Wildman–Crippen LogP) is 2.43. The number of allylic oxidation sites excluding steroid dienone is 2. The number of carbonyl (C=O) groups excluding carboxylic acids is 1. The van der Waals surface area contributed by atoms with E-state index < -0.39 is 56.3 Å². The zero-order chi connectivity index (χ0) is 25.4. The summed E-state index contributed by atoms with van der Waals surface area (Å²) >= 11 is 0. The Labute approximate surface area is 201 Å². The molecule has 6 unspecified atom stereocenters. The molecule has 0 saturated carbocycles. The van der Waals surface area contributed by atoms with Gasteiger partial charge in [-0.1, -0.05) is 38.2 Å². The van der Waals surface area contributed by atoms with Gasteiger partial charge in [-0.3, -0.25) is 13.8 Å². The van der Waals surface area contributed by atoms with Gasteiger partial charge in [0.2, 0.25) is 0 Å². The first kappa shape index (κ1) is 25.4. The van der Waals surface area contributed by atoms with Crippen molar-refractivity contribution in [2.75, 3.05) is 12.3 Å². The summed E-state index contributed by atoms with van der Waals surface area (Å²) in [6, 6.07) is 0. The summed E-state index contributed by atoms with van der Waals surface area (Å²) in [7, 11) is -4.04. The third-order valence-electron chi connectivity index (χ3n) is 5.70. The van der Waals surface area contributed by atoms with E-state index in [0.717, 1.165) is 0 Å². The van der Waals surface area contributed by atoms with Gasteiger partial charge in [-0.25, -0.2) is 28.9 Å². The van der Waals surface area contributed by atoms with Crippen molar-refractivity contribution >= 4 is 25.2 Å². The molecule has 0 aromatic carbocycles. The van der Waals surface area contributed by atoms with Gasteiger partial charge in [-0.2, -0.15) is 5.10 Å². The molecule has 6 atom stereocenters. The SMILES string of the molecule is CC(C)C(=O)OC1C(COP(N)(=O)OC2C=CC=CC2)OC(c2cnc3c(N)ncnn23)C1(C)F. The number of hydrogen-bond donors (Lipinski definition) is 2. The van der Waals surface area contributed by atoms with Crippen molar-refractivity contribution in [2.45, 2.75) is 57.3 Å². The predicted molar refractivity (Wildman–Crippen MR) is 123 cm³/mol. The minimum absolute atomic E-state index is 0.0975. The molecule has 4 rings (SSSR count). The average Bonchev–Trinajstić information content (AvgIpc) is 3.32. The number of ether oxygens (including phenoxy) is 2. The molecule has 12 nitrogen and oxygen atoms in total. The van der Waals surface area contributed by atoms with E-state index in [9.17, 15) is 9.36 Å². The number of nitrogens with two attached hydrogens (primary N) is 2. The number of halogens is 1. The molecule has 2 aromatic rings. The second-order valence-electron chi connectivity index (χ2n) is 8.81. The van der Waals surface area contributed by atoms with Crippen LogP contribution in [0.25, 0.3) is 5.65 Å². The van der Waals surface area contributed by atoms with Gasteiger partial charge >= 0.3 is 13.7 Å². The summed E-state index contributed by atoms with van der Waals surface area (Å²) < 4.78 is 52.5. The Morgan fingerprint density at radius 3 is 2.86 bits per heavy atom. The third-order valence-corrected chi connectivity index (χ3v) is 6.77. The van der Waals surface area contributed by atoms with Crippen LogP contribution >= 0.6 is 7.75 Å². The van der Waals surface area contributed by atoms with Crippen molar-refractivity contribution in [3.8, 4) is 0 Å². The van der Waals surface area contributed by atoms with E-state index in [1.165, 1.54) is 24.0 Å². The molecule has 0 radical (unpaired) electrons. The topological polar surface area (TPSA) is 166 Å². The molecule has 2 aromatic heterocycles. The first-order valence-electron chi connectivity index (χ1n) is 11.0. The number of alkyl halides is 1. The molecule has 0 amide bonds. The maximum Gasteiger partial charge on any atom is 0.403 e. The van der Waals surface area contributed by atoms with E-state index in [1.807, 2.05) is 12.2 Å². The molecule has 1 fully saturated rings. The van der Waals surface area contributed by atoms with Gasteiger partial charge in [-0.15, -0.1) is 0 Å². The lowest BCUT2D eigenvalue weighted by atomic mass is 9.93. The molecule has 190 valence electrons. The average molecular weight is 510 g/mol. The highest BCUT2D eigenvalue weighted by molar-refractivity contribution is 7.51. The fourth-order valence-corrected chi connectivity index (χ4v) is 4.84. The maximum absolute atomic E-state index is 16.3. The zero-order valence-electron chi connectivity index (χ0n) is 19.5. The first-order chi connectivity index (χ1) is 16.5. The standard InChI is InChI=1S/C21H28FN6O6P/c1-12(2)20(29)33-17-15(10-31-35(24,30)34-13-7-5-4-6-8-13)32-16(21(17,3)22)14-9-25-19-18(23)26-11-27-28(14)19/h4-7,9,11-13,15-17H,8,10H2,1-3H3,(H2,24,30)(H2,23,26,27). The Morgan fingerprint density at radius 1 is 1.40 bits per heavy atom. The highest BCUT2D eigenvalue weighted by Gasteiger charge is 2.59. The van der Waals surface area contributed by atoms with Gasteiger partial charge in [0.1, 0.15) is 18.5 Å². The van der Waals surface area contributed by atoms with Crippen molar-refractivity contribution in [3.63, 3.8) is 0 Å². The number of fused-ring (bicyclic) bond motifs is 1. The Morgan fingerprint density at radius 2 is 2.17 bits per heavy atom. The van der Waals surface area contributed by atoms with Gasteiger partial charge in [0.15, 0.2) is 23.2 Å². The van der Waals surface area contributed by atoms with Crippen LogP contribution in [-0.2, 0) is 27.9 Å². The highest BCUT2D eigenvalue weighted by atomic mass is 31.2. The maximum atomic E-state index is 16.3. The van der Waals surface area contributed by atoms with E-state index in [2.05, 4.69) is 15.1 Å². The van der Waals surface area contributed by atoms with Crippen molar-refractivity contribution in [1.29, 1.82) is 0 Å². The third kappa shape index (κ3) is 5.29. The van der Waals surface area contributed by atoms with Gasteiger partial charge in [0.05, 0.1) is 30.5 Å². The van der Waals surface area contributed by atoms with Crippen LogP contribution in [0.5, 0.6) is 0 Å². The first-order valence-corrected chi connectivity index (χ1v) is 12.6. The van der Waals surface area contributed by atoms with Crippen LogP contribution in [0.3, 0.4) is 0 Å². The summed E-state index contributed by atoms with van der Waals surface area (Å²) in [6.45, 7) is 4.02. The van der Waals surface area contributed by atoms with Crippen LogP contribution in [0, 0.1) is 5.92 Å². The summed E-state index contributed by atoms with van der Waals surface area (Å²) in [5.41, 5.74) is 9.79. The zero-order valence-corrected chi connectivity index (χ0v) is 20.4. The number of carbonyl (C=O) groups is 1. The molecule has 35 heavy (non-hydrogen) atoms. The minimum Gasteiger partial charge on any atom is -0.456 e. The van der Waals surface area contributed by atoms with E-state index in [-0.39, 0.29) is 17.2 Å². The number of rotatable bonds is 8. The number of esters is 1. The second-order valence-corrected chi connectivity index (χ2v) is 10.4. The molecule has 1 aliphatic heterocycles. The summed E-state index contributed by atoms with van der Waals surface area (Å²) in [5, 5.41) is 4.08. The molecular weight excluding hydrogens is 482 g/mol. The molecule has 4 N–H and O–H groups in total. The molecule has 2 aliphatic rings. The molecular formula is C21H28FN6O6P. The van der Waals surface area contributed by atoms with Crippen molar-refractivity contribution < 1.29 is 32.3 Å². The van der Waals surface area contributed by atoms with Crippen LogP contribution in [0.15, 0.2) is 36.8 Å². The van der Waals surface area contributed by atoms with E-state index in [4.69, 9.17) is 29.8 Å². The summed E-state index contributed by atoms with van der Waals surface area (Å²) in [5.74, 6) is -1.06. The van der Waals surface area contributed by atoms with Gasteiger partial charge in [0.25, 0.3) is 0 Å². The van der Waals surface area contributed by atoms with Crippen LogP contribution in [0.1, 0.15) is 39.0 Å². The Kier molecular flexibility index (Phi) is 7.07.